The number of methoxy groups -OCH3 is 4. The third-order valence-electron chi connectivity index (χ3n) is 6.84. The van der Waals surface area contributed by atoms with Crippen LogP contribution in [0.1, 0.15) is 22.6 Å². The molecule has 0 bridgehead atoms. The molecule has 1 atom stereocenters. The molecule has 5 rings (SSSR count). The Kier molecular flexibility index (Phi) is 6.95. The molecule has 2 aliphatic rings. The largest absolute Gasteiger partial charge is 0.497 e. The van der Waals surface area contributed by atoms with Crippen molar-refractivity contribution in [1.29, 1.82) is 5.26 Å². The first kappa shape index (κ1) is 26.8. The van der Waals surface area contributed by atoms with Crippen LogP contribution < -0.4 is 29.0 Å². The Morgan fingerprint density at radius 3 is 2.27 bits per heavy atom. The second-order valence-electron chi connectivity index (χ2n) is 8.96. The lowest BCUT2D eigenvalue weighted by Crippen LogP contribution is -2.39. The van der Waals surface area contributed by atoms with Crippen molar-refractivity contribution in [1.82, 2.24) is 0 Å². The molecule has 206 valence electrons. The number of fused-ring (bicyclic) bond motifs is 2. The van der Waals surface area contributed by atoms with Gasteiger partial charge in [-0.3, -0.25) is 4.31 Å². The third-order valence-corrected chi connectivity index (χ3v) is 8.72. The Morgan fingerprint density at radius 1 is 0.950 bits per heavy atom. The number of nitrogens with zero attached hydrogens (tertiary/aromatic N) is 2. The van der Waals surface area contributed by atoms with Gasteiger partial charge in [-0.15, -0.1) is 0 Å². The number of para-hydroxylation sites is 1. The standard InChI is InChI=1S/C29H27N3O7S/c1-35-19-9-7-8-17(12-19)16-32-22-11-6-5-10-20(22)26-28(40(32,33)34)25(21(15-30)29(31)39-26)18-13-23(36-2)27(38-4)24(14-18)37-3/h5-14,25H,16,31H2,1-4H3. The lowest BCUT2D eigenvalue weighted by atomic mass is 9.87. The number of hydrogen-bond acceptors (Lipinski definition) is 9. The molecule has 40 heavy (non-hydrogen) atoms. The molecule has 2 N–H and O–H groups in total. The predicted octanol–water partition coefficient (Wildman–Crippen LogP) is 4.25. The van der Waals surface area contributed by atoms with Gasteiger partial charge in [-0.1, -0.05) is 24.3 Å². The number of anilines is 1. The highest BCUT2D eigenvalue weighted by Gasteiger charge is 2.47. The zero-order valence-corrected chi connectivity index (χ0v) is 23.1. The van der Waals surface area contributed by atoms with Gasteiger partial charge in [0, 0.05) is 5.56 Å². The number of rotatable bonds is 7. The van der Waals surface area contributed by atoms with E-state index in [1.54, 1.807) is 61.7 Å². The van der Waals surface area contributed by atoms with Crippen LogP contribution in [-0.2, 0) is 21.3 Å². The van der Waals surface area contributed by atoms with Crippen LogP contribution in [0.5, 0.6) is 23.0 Å². The minimum absolute atomic E-state index is 0.0103. The van der Waals surface area contributed by atoms with Crippen LogP contribution in [0.25, 0.3) is 5.76 Å². The van der Waals surface area contributed by atoms with E-state index in [-0.39, 0.29) is 28.7 Å². The van der Waals surface area contributed by atoms with E-state index in [1.165, 1.54) is 25.6 Å². The zero-order valence-electron chi connectivity index (χ0n) is 22.3. The number of sulfonamides is 1. The molecule has 2 heterocycles. The van der Waals surface area contributed by atoms with E-state index in [0.29, 0.717) is 45.4 Å². The first-order chi connectivity index (χ1) is 19.3. The van der Waals surface area contributed by atoms with Crippen molar-refractivity contribution in [3.8, 4) is 29.1 Å². The predicted molar refractivity (Wildman–Crippen MR) is 148 cm³/mol. The molecule has 1 unspecified atom stereocenters. The van der Waals surface area contributed by atoms with E-state index in [2.05, 4.69) is 6.07 Å². The van der Waals surface area contributed by atoms with Gasteiger partial charge in [0.2, 0.25) is 11.6 Å². The summed E-state index contributed by atoms with van der Waals surface area (Å²) >= 11 is 0. The van der Waals surface area contributed by atoms with E-state index in [1.807, 2.05) is 6.07 Å². The Morgan fingerprint density at radius 2 is 1.65 bits per heavy atom. The van der Waals surface area contributed by atoms with Gasteiger partial charge in [0.15, 0.2) is 17.3 Å². The second-order valence-corrected chi connectivity index (χ2v) is 10.8. The maximum absolute atomic E-state index is 14.5. The number of hydrogen-bond donors (Lipinski definition) is 1. The fourth-order valence-corrected chi connectivity index (χ4v) is 6.93. The number of ether oxygens (including phenoxy) is 5. The highest BCUT2D eigenvalue weighted by molar-refractivity contribution is 7.96. The Balaban J connectivity index is 1.77. The minimum Gasteiger partial charge on any atom is -0.497 e. The van der Waals surface area contributed by atoms with E-state index in [9.17, 15) is 13.7 Å². The first-order valence-corrected chi connectivity index (χ1v) is 13.6. The van der Waals surface area contributed by atoms with Gasteiger partial charge in [0.25, 0.3) is 10.0 Å². The summed E-state index contributed by atoms with van der Waals surface area (Å²) in [5.74, 6) is 0.264. The normalized spacial score (nSPS) is 17.3. The lowest BCUT2D eigenvalue weighted by Gasteiger charge is -2.38. The molecule has 0 saturated heterocycles. The van der Waals surface area contributed by atoms with Crippen LogP contribution in [0.3, 0.4) is 0 Å². The van der Waals surface area contributed by atoms with E-state index < -0.39 is 15.9 Å². The molecule has 2 aliphatic heterocycles. The number of nitriles is 1. The summed E-state index contributed by atoms with van der Waals surface area (Å²) in [5, 5.41) is 10.2. The van der Waals surface area contributed by atoms with Crippen molar-refractivity contribution < 1.29 is 32.1 Å². The fourth-order valence-electron chi connectivity index (χ4n) is 5.02. The van der Waals surface area contributed by atoms with Crippen LogP contribution in [-0.4, -0.2) is 36.9 Å². The lowest BCUT2D eigenvalue weighted by molar-refractivity contribution is 0.323. The molecule has 3 aromatic rings. The van der Waals surface area contributed by atoms with E-state index in [4.69, 9.17) is 29.4 Å². The van der Waals surface area contributed by atoms with Crippen molar-refractivity contribution in [2.45, 2.75) is 12.5 Å². The smallest absolute Gasteiger partial charge is 0.265 e. The van der Waals surface area contributed by atoms with Gasteiger partial charge in [-0.2, -0.15) is 5.26 Å². The molecule has 0 aromatic heterocycles. The van der Waals surface area contributed by atoms with Gasteiger partial charge >= 0.3 is 0 Å². The quantitative estimate of drug-likeness (QED) is 0.449. The van der Waals surface area contributed by atoms with E-state index in [0.717, 1.165) is 0 Å². The van der Waals surface area contributed by atoms with Gasteiger partial charge in [0.05, 0.1) is 46.6 Å². The summed E-state index contributed by atoms with van der Waals surface area (Å²) in [6.07, 6.45) is 0. The molecular formula is C29H27N3O7S. The van der Waals surface area contributed by atoms with Crippen LogP contribution in [0, 0.1) is 11.3 Å². The second kappa shape index (κ2) is 10.4. The summed E-state index contributed by atoms with van der Waals surface area (Å²) in [6.45, 7) is 0.0103. The maximum Gasteiger partial charge on any atom is 0.265 e. The summed E-state index contributed by atoms with van der Waals surface area (Å²) in [7, 11) is 1.64. The minimum atomic E-state index is -4.28. The number of nitrogens with two attached hydrogens (primary N) is 1. The van der Waals surface area contributed by atoms with Gasteiger partial charge < -0.3 is 29.4 Å². The average Bonchev–Trinajstić information content (AvgIpc) is 2.97. The van der Waals surface area contributed by atoms with Crippen molar-refractivity contribution in [2.24, 2.45) is 5.73 Å². The Hall–Kier alpha value is -4.82. The third kappa shape index (κ3) is 4.23. The molecule has 0 radical (unpaired) electrons. The van der Waals surface area contributed by atoms with Gasteiger partial charge in [-0.25, -0.2) is 8.42 Å². The van der Waals surface area contributed by atoms with Crippen molar-refractivity contribution in [3.63, 3.8) is 0 Å². The molecule has 11 heteroatoms. The Bertz CT molecular complexity index is 1680. The molecule has 0 fully saturated rings. The molecule has 0 saturated carbocycles. The molecular weight excluding hydrogens is 534 g/mol. The number of benzene rings is 3. The van der Waals surface area contributed by atoms with Crippen LogP contribution in [0.2, 0.25) is 0 Å². The van der Waals surface area contributed by atoms with Crippen LogP contribution >= 0.6 is 0 Å². The topological polar surface area (TPSA) is 133 Å². The van der Waals surface area contributed by atoms with Crippen molar-refractivity contribution in [2.75, 3.05) is 32.7 Å². The summed E-state index contributed by atoms with van der Waals surface area (Å²) in [4.78, 5) is -0.117. The fraction of sp³-hybridized carbons (Fsp3) is 0.207. The average molecular weight is 562 g/mol. The molecule has 3 aromatic carbocycles. The summed E-state index contributed by atoms with van der Waals surface area (Å²) < 4.78 is 58.1. The molecule has 0 amide bonds. The SMILES string of the molecule is COc1cccc(CN2c3ccccc3C3=C(C(c4cc(OC)c(OC)c(OC)c4)C(C#N)=C(N)O3)S2(=O)=O)c1. The zero-order chi connectivity index (χ0) is 28.6. The van der Waals surface area contributed by atoms with Gasteiger partial charge in [-0.05, 0) is 47.5 Å². The summed E-state index contributed by atoms with van der Waals surface area (Å²) in [6, 6.07) is 19.4. The number of allylic oxidation sites excluding steroid dienone is 2. The first-order valence-electron chi connectivity index (χ1n) is 12.2. The Labute approximate surface area is 232 Å². The highest BCUT2D eigenvalue weighted by atomic mass is 32.2. The molecule has 0 aliphatic carbocycles. The monoisotopic (exact) mass is 561 g/mol. The molecule has 10 nitrogen and oxygen atoms in total. The highest BCUT2D eigenvalue weighted by Crippen LogP contribution is 2.53. The van der Waals surface area contributed by atoms with Crippen LogP contribution in [0.4, 0.5) is 5.69 Å². The van der Waals surface area contributed by atoms with Crippen molar-refractivity contribution in [3.05, 3.63) is 93.7 Å². The maximum atomic E-state index is 14.5. The van der Waals surface area contributed by atoms with E-state index >= 15 is 0 Å². The summed E-state index contributed by atoms with van der Waals surface area (Å²) in [5.41, 5.74) is 8.23. The van der Waals surface area contributed by atoms with Crippen molar-refractivity contribution >= 4 is 21.5 Å². The van der Waals surface area contributed by atoms with Crippen LogP contribution in [0.15, 0.2) is 77.0 Å². The molecule has 0 spiro atoms. The van der Waals surface area contributed by atoms with Gasteiger partial charge in [0.1, 0.15) is 22.3 Å².